The lowest BCUT2D eigenvalue weighted by atomic mass is 10.0. The lowest BCUT2D eigenvalue weighted by molar-refractivity contribution is -0.117. The van der Waals surface area contributed by atoms with Crippen molar-refractivity contribution >= 4 is 39.0 Å². The van der Waals surface area contributed by atoms with E-state index >= 15 is 0 Å². The van der Waals surface area contributed by atoms with Gasteiger partial charge < -0.3 is 10.4 Å². The molecule has 1 fully saturated rings. The lowest BCUT2D eigenvalue weighted by Crippen LogP contribution is -2.38. The molecule has 1 aliphatic heterocycles. The zero-order valence-corrected chi connectivity index (χ0v) is 17.5. The number of thiophene rings is 1. The van der Waals surface area contributed by atoms with Gasteiger partial charge in [-0.05, 0) is 67.4 Å². The van der Waals surface area contributed by atoms with E-state index in [1.165, 1.54) is 17.4 Å². The summed E-state index contributed by atoms with van der Waals surface area (Å²) in [6.45, 7) is 2.76. The van der Waals surface area contributed by atoms with Crippen LogP contribution in [0.15, 0.2) is 42.5 Å². The highest BCUT2D eigenvalue weighted by Crippen LogP contribution is 2.34. The van der Waals surface area contributed by atoms with Crippen LogP contribution < -0.4 is 5.32 Å². The largest absolute Gasteiger partial charge is 0.477 e. The highest BCUT2D eigenvalue weighted by Gasteiger charge is 2.29. The van der Waals surface area contributed by atoms with Crippen LogP contribution in [0.2, 0.25) is 0 Å². The van der Waals surface area contributed by atoms with E-state index in [1.807, 2.05) is 31.2 Å². The Balaban J connectivity index is 1.50. The molecule has 1 unspecified atom stereocenters. The Morgan fingerprint density at radius 1 is 1.27 bits per heavy atom. The minimum absolute atomic E-state index is 0.0780. The molecule has 3 aromatic rings. The van der Waals surface area contributed by atoms with Gasteiger partial charge >= 0.3 is 5.97 Å². The molecule has 0 radical (unpaired) electrons. The highest BCUT2D eigenvalue weighted by atomic mass is 32.1. The number of halogens is 1. The molecule has 0 saturated carbocycles. The number of nitrogens with one attached hydrogen (secondary N) is 1. The van der Waals surface area contributed by atoms with Crippen molar-refractivity contribution in [2.75, 3.05) is 18.4 Å². The van der Waals surface area contributed by atoms with Gasteiger partial charge in [0.05, 0.1) is 12.2 Å². The van der Waals surface area contributed by atoms with Gasteiger partial charge in [0.1, 0.15) is 10.7 Å². The Hall–Kier alpha value is -2.77. The summed E-state index contributed by atoms with van der Waals surface area (Å²) in [7, 11) is 0. The van der Waals surface area contributed by atoms with Crippen molar-refractivity contribution in [1.82, 2.24) is 4.90 Å². The first-order valence-corrected chi connectivity index (χ1v) is 10.8. The maximum Gasteiger partial charge on any atom is 0.346 e. The number of carboxylic acid groups (broad SMARTS) is 1. The fourth-order valence-corrected chi connectivity index (χ4v) is 5.22. The van der Waals surface area contributed by atoms with Gasteiger partial charge in [-0.25, -0.2) is 9.18 Å². The first-order valence-electron chi connectivity index (χ1n) is 9.96. The van der Waals surface area contributed by atoms with Crippen molar-refractivity contribution < 1.29 is 19.1 Å². The number of anilines is 1. The maximum absolute atomic E-state index is 14.0. The molecule has 1 atom stereocenters. The van der Waals surface area contributed by atoms with Gasteiger partial charge in [-0.15, -0.1) is 11.3 Å². The van der Waals surface area contributed by atoms with E-state index in [0.717, 1.165) is 40.6 Å². The standard InChI is InChI=1S/C23H23FN2O3S/c1-14-8-9-18(24)19(11-14)25-21(27)13-26-10-4-5-15(26)12-17-16-6-2-3-7-20(16)30-22(17)23(28)29/h2-3,6-9,11,15H,4-5,10,12-13H2,1H3,(H,25,27)(H,28,29). The average Bonchev–Trinajstić information content (AvgIpc) is 3.30. The molecule has 2 aromatic carbocycles. The zero-order chi connectivity index (χ0) is 21.3. The predicted octanol–water partition coefficient (Wildman–Crippen LogP) is 4.69. The minimum atomic E-state index is -0.914. The Morgan fingerprint density at radius 2 is 2.07 bits per heavy atom. The predicted molar refractivity (Wildman–Crippen MR) is 117 cm³/mol. The minimum Gasteiger partial charge on any atom is -0.477 e. The summed E-state index contributed by atoms with van der Waals surface area (Å²) in [5, 5.41) is 13.3. The number of nitrogens with zero attached hydrogens (tertiary/aromatic N) is 1. The average molecular weight is 427 g/mol. The van der Waals surface area contributed by atoms with E-state index in [4.69, 9.17) is 0 Å². The molecule has 2 N–H and O–H groups in total. The second-order valence-electron chi connectivity index (χ2n) is 7.71. The van der Waals surface area contributed by atoms with Gasteiger partial charge in [0.25, 0.3) is 0 Å². The first-order chi connectivity index (χ1) is 14.4. The van der Waals surface area contributed by atoms with Crippen LogP contribution in [0.4, 0.5) is 10.1 Å². The molecule has 156 valence electrons. The van der Waals surface area contributed by atoms with Crippen molar-refractivity contribution in [3.05, 3.63) is 64.3 Å². The summed E-state index contributed by atoms with van der Waals surface area (Å²) in [6, 6.07) is 12.4. The molecule has 1 aromatic heterocycles. The number of hydrogen-bond acceptors (Lipinski definition) is 4. The number of aryl methyl sites for hydroxylation is 1. The van der Waals surface area contributed by atoms with Crippen molar-refractivity contribution in [3.63, 3.8) is 0 Å². The normalized spacial score (nSPS) is 16.8. The molecule has 7 heteroatoms. The van der Waals surface area contributed by atoms with Crippen LogP contribution in [0.5, 0.6) is 0 Å². The summed E-state index contributed by atoms with van der Waals surface area (Å²) >= 11 is 1.30. The number of amides is 1. The van der Waals surface area contributed by atoms with Crippen molar-refractivity contribution in [3.8, 4) is 0 Å². The third-order valence-electron chi connectivity index (χ3n) is 5.57. The summed E-state index contributed by atoms with van der Waals surface area (Å²) < 4.78 is 14.9. The van der Waals surface area contributed by atoms with Crippen LogP contribution in [0.3, 0.4) is 0 Å². The van der Waals surface area contributed by atoms with E-state index in [2.05, 4.69) is 10.2 Å². The smallest absolute Gasteiger partial charge is 0.346 e. The van der Waals surface area contributed by atoms with E-state index < -0.39 is 11.8 Å². The maximum atomic E-state index is 14.0. The van der Waals surface area contributed by atoms with Gasteiger partial charge in [0.15, 0.2) is 0 Å². The number of aromatic carboxylic acids is 1. The topological polar surface area (TPSA) is 69.6 Å². The number of hydrogen-bond donors (Lipinski definition) is 2. The van der Waals surface area contributed by atoms with E-state index in [9.17, 15) is 19.1 Å². The summed E-state index contributed by atoms with van der Waals surface area (Å²) in [4.78, 5) is 26.8. The summed E-state index contributed by atoms with van der Waals surface area (Å²) in [6.07, 6.45) is 2.42. The van der Waals surface area contributed by atoms with E-state index in [0.29, 0.717) is 11.3 Å². The quantitative estimate of drug-likeness (QED) is 0.600. The number of fused-ring (bicyclic) bond motifs is 1. The Bertz CT molecular complexity index is 1110. The third-order valence-corrected chi connectivity index (χ3v) is 6.78. The number of rotatable bonds is 6. The van der Waals surface area contributed by atoms with Gasteiger partial charge in [-0.3, -0.25) is 9.69 Å². The van der Waals surface area contributed by atoms with Gasteiger partial charge in [0.2, 0.25) is 5.91 Å². The molecule has 1 aliphatic rings. The van der Waals surface area contributed by atoms with Gasteiger partial charge in [0, 0.05) is 10.7 Å². The van der Waals surface area contributed by atoms with Crippen LogP contribution in [0.1, 0.15) is 33.6 Å². The number of carbonyl (C=O) groups excluding carboxylic acids is 1. The molecule has 1 saturated heterocycles. The molecule has 0 bridgehead atoms. The second kappa shape index (κ2) is 8.53. The molecule has 1 amide bonds. The van der Waals surface area contributed by atoms with Crippen LogP contribution >= 0.6 is 11.3 Å². The molecule has 4 rings (SSSR count). The highest BCUT2D eigenvalue weighted by molar-refractivity contribution is 7.21. The molecule has 5 nitrogen and oxygen atoms in total. The van der Waals surface area contributed by atoms with Crippen molar-refractivity contribution in [2.45, 2.75) is 32.2 Å². The Morgan fingerprint density at radius 3 is 2.87 bits per heavy atom. The monoisotopic (exact) mass is 426 g/mol. The third kappa shape index (κ3) is 4.22. The van der Waals surface area contributed by atoms with Crippen molar-refractivity contribution in [2.24, 2.45) is 0 Å². The Kier molecular flexibility index (Phi) is 5.83. The molecule has 0 spiro atoms. The lowest BCUT2D eigenvalue weighted by Gasteiger charge is -2.24. The molecule has 0 aliphatic carbocycles. The number of likely N-dealkylation sites (tertiary alicyclic amines) is 1. The van der Waals surface area contributed by atoms with Crippen LogP contribution in [-0.4, -0.2) is 41.0 Å². The fraction of sp³-hybridized carbons (Fsp3) is 0.304. The van der Waals surface area contributed by atoms with Gasteiger partial charge in [-0.2, -0.15) is 0 Å². The van der Waals surface area contributed by atoms with E-state index in [1.54, 1.807) is 12.1 Å². The van der Waals surface area contributed by atoms with Crippen LogP contribution in [0.25, 0.3) is 10.1 Å². The SMILES string of the molecule is Cc1ccc(F)c(NC(=O)CN2CCCC2Cc2c(C(=O)O)sc3ccccc23)c1. The molecule has 2 heterocycles. The molecular weight excluding hydrogens is 403 g/mol. The van der Waals surface area contributed by atoms with Crippen LogP contribution in [0, 0.1) is 12.7 Å². The summed E-state index contributed by atoms with van der Waals surface area (Å²) in [5.74, 6) is -1.63. The Labute approximate surface area is 178 Å². The van der Waals surface area contributed by atoms with Crippen molar-refractivity contribution in [1.29, 1.82) is 0 Å². The number of carboxylic acids is 1. The summed E-state index contributed by atoms with van der Waals surface area (Å²) in [5.41, 5.74) is 1.90. The second-order valence-corrected chi connectivity index (χ2v) is 8.77. The zero-order valence-electron chi connectivity index (χ0n) is 16.7. The van der Waals surface area contributed by atoms with Crippen LogP contribution in [-0.2, 0) is 11.2 Å². The number of carbonyl (C=O) groups is 2. The fourth-order valence-electron chi connectivity index (χ4n) is 4.15. The van der Waals surface area contributed by atoms with Gasteiger partial charge in [-0.1, -0.05) is 24.3 Å². The first kappa shape index (κ1) is 20.5. The molecule has 30 heavy (non-hydrogen) atoms. The number of benzene rings is 2. The molecular formula is C23H23FN2O3S. The van der Waals surface area contributed by atoms with E-state index in [-0.39, 0.29) is 24.2 Å².